The first-order valence-corrected chi connectivity index (χ1v) is 7.40. The maximum absolute atomic E-state index is 11.3. The Bertz CT molecular complexity index is 313. The molecule has 0 atom stereocenters. The topological polar surface area (TPSA) is 56.8 Å². The van der Waals surface area contributed by atoms with E-state index in [0.717, 1.165) is 0 Å². The molecular weight excluding hydrogens is 270 g/mol. The third-order valence-electron chi connectivity index (χ3n) is 2.21. The molecule has 1 amide bonds. The smallest absolute Gasteiger partial charge is 0.407 e. The summed E-state index contributed by atoms with van der Waals surface area (Å²) in [6, 6.07) is 0. The molecular formula is C16H31NO4. The van der Waals surface area contributed by atoms with Crippen molar-refractivity contribution < 1.29 is 19.0 Å². The van der Waals surface area contributed by atoms with E-state index in [1.807, 2.05) is 32.9 Å². The summed E-state index contributed by atoms with van der Waals surface area (Å²) in [5.74, 6) is 0. The van der Waals surface area contributed by atoms with Crippen molar-refractivity contribution in [1.82, 2.24) is 5.32 Å². The average Bonchev–Trinajstić information content (AvgIpc) is 2.31. The van der Waals surface area contributed by atoms with E-state index >= 15 is 0 Å². The fourth-order valence-corrected chi connectivity index (χ4v) is 1.31. The number of amides is 1. The van der Waals surface area contributed by atoms with E-state index in [-0.39, 0.29) is 17.6 Å². The Labute approximate surface area is 129 Å². The number of rotatable bonds is 8. The van der Waals surface area contributed by atoms with Gasteiger partial charge in [-0.05, 0) is 26.2 Å². The molecule has 0 fully saturated rings. The Morgan fingerprint density at radius 3 is 2.29 bits per heavy atom. The van der Waals surface area contributed by atoms with Gasteiger partial charge in [-0.15, -0.1) is 0 Å². The van der Waals surface area contributed by atoms with Crippen molar-refractivity contribution in [3.05, 3.63) is 12.2 Å². The molecule has 124 valence electrons. The third-order valence-corrected chi connectivity index (χ3v) is 2.21. The molecule has 21 heavy (non-hydrogen) atoms. The molecule has 0 aromatic heterocycles. The number of nitrogens with one attached hydrogen (secondary N) is 1. The van der Waals surface area contributed by atoms with Gasteiger partial charge in [-0.25, -0.2) is 4.79 Å². The quantitative estimate of drug-likeness (QED) is 0.553. The van der Waals surface area contributed by atoms with Crippen LogP contribution in [0.15, 0.2) is 12.2 Å². The zero-order valence-electron chi connectivity index (χ0n) is 14.3. The van der Waals surface area contributed by atoms with E-state index < -0.39 is 6.09 Å². The molecule has 0 unspecified atom stereocenters. The van der Waals surface area contributed by atoms with Crippen molar-refractivity contribution in [3.63, 3.8) is 0 Å². The number of carbonyl (C=O) groups excluding carboxylic acids is 1. The van der Waals surface area contributed by atoms with Crippen LogP contribution in [0.4, 0.5) is 4.79 Å². The number of allylic oxidation sites excluding steroid dienone is 1. The van der Waals surface area contributed by atoms with Crippen molar-refractivity contribution >= 4 is 6.09 Å². The largest absolute Gasteiger partial charge is 0.445 e. The lowest BCUT2D eigenvalue weighted by Gasteiger charge is -2.19. The van der Waals surface area contributed by atoms with Crippen molar-refractivity contribution in [1.29, 1.82) is 0 Å². The first-order chi connectivity index (χ1) is 9.60. The van der Waals surface area contributed by atoms with Crippen molar-refractivity contribution in [3.8, 4) is 0 Å². The van der Waals surface area contributed by atoms with Gasteiger partial charge >= 0.3 is 6.09 Å². The minimum atomic E-state index is -0.428. The molecule has 0 aromatic carbocycles. The molecule has 0 aliphatic carbocycles. The number of hydrogen-bond donors (Lipinski definition) is 1. The summed E-state index contributed by atoms with van der Waals surface area (Å²) >= 11 is 0. The first kappa shape index (κ1) is 19.9. The third kappa shape index (κ3) is 16.9. The van der Waals surface area contributed by atoms with E-state index in [1.54, 1.807) is 0 Å². The van der Waals surface area contributed by atoms with Gasteiger partial charge in [0.2, 0.25) is 0 Å². The van der Waals surface area contributed by atoms with Crippen molar-refractivity contribution in [2.24, 2.45) is 5.41 Å². The maximum Gasteiger partial charge on any atom is 0.407 e. The van der Waals surface area contributed by atoms with Gasteiger partial charge in [-0.1, -0.05) is 32.9 Å². The average molecular weight is 301 g/mol. The van der Waals surface area contributed by atoms with E-state index in [1.165, 1.54) is 0 Å². The standard InChI is InChI=1S/C16H31NO4/c1-15(2,3)8-7-10-20-14(18)17-9-11-19-12-13-21-16(4,5)6/h7-8H,9-13H2,1-6H3,(H,17,18). The molecule has 0 aliphatic rings. The highest BCUT2D eigenvalue weighted by Crippen LogP contribution is 2.13. The summed E-state index contributed by atoms with van der Waals surface area (Å²) < 4.78 is 15.8. The summed E-state index contributed by atoms with van der Waals surface area (Å²) in [6.07, 6.45) is 3.43. The number of ether oxygens (including phenoxy) is 3. The van der Waals surface area contributed by atoms with Crippen LogP contribution in [0.5, 0.6) is 0 Å². The van der Waals surface area contributed by atoms with Crippen LogP contribution in [-0.4, -0.2) is 44.7 Å². The number of carbonyl (C=O) groups is 1. The first-order valence-electron chi connectivity index (χ1n) is 7.40. The minimum absolute atomic E-state index is 0.100. The van der Waals surface area contributed by atoms with Crippen LogP contribution in [0.2, 0.25) is 0 Å². The van der Waals surface area contributed by atoms with Gasteiger partial charge < -0.3 is 19.5 Å². The summed E-state index contributed by atoms with van der Waals surface area (Å²) in [4.78, 5) is 11.3. The zero-order chi connectivity index (χ0) is 16.4. The van der Waals surface area contributed by atoms with Gasteiger partial charge in [0.05, 0.1) is 25.4 Å². The number of alkyl carbamates (subject to hydrolysis) is 1. The Morgan fingerprint density at radius 2 is 1.71 bits per heavy atom. The van der Waals surface area contributed by atoms with Crippen LogP contribution < -0.4 is 5.32 Å². The van der Waals surface area contributed by atoms with Crippen LogP contribution in [0, 0.1) is 5.41 Å². The fourth-order valence-electron chi connectivity index (χ4n) is 1.31. The van der Waals surface area contributed by atoms with Gasteiger partial charge in [-0.3, -0.25) is 0 Å². The molecule has 0 spiro atoms. The fraction of sp³-hybridized carbons (Fsp3) is 0.812. The van der Waals surface area contributed by atoms with Crippen LogP contribution in [0.25, 0.3) is 0 Å². The highest BCUT2D eigenvalue weighted by atomic mass is 16.6. The van der Waals surface area contributed by atoms with Crippen LogP contribution in [0.1, 0.15) is 41.5 Å². The number of hydrogen-bond acceptors (Lipinski definition) is 4. The zero-order valence-corrected chi connectivity index (χ0v) is 14.3. The van der Waals surface area contributed by atoms with E-state index in [9.17, 15) is 4.79 Å². The van der Waals surface area contributed by atoms with E-state index in [2.05, 4.69) is 26.1 Å². The molecule has 0 bridgehead atoms. The van der Waals surface area contributed by atoms with Crippen LogP contribution in [0.3, 0.4) is 0 Å². The molecule has 0 aromatic rings. The molecule has 0 heterocycles. The Kier molecular flexibility index (Phi) is 9.29. The van der Waals surface area contributed by atoms with Crippen LogP contribution in [-0.2, 0) is 14.2 Å². The van der Waals surface area contributed by atoms with E-state index in [0.29, 0.717) is 26.4 Å². The SMILES string of the molecule is CC(C)(C)C=CCOC(=O)NCCOCCOC(C)(C)C. The Hall–Kier alpha value is -1.07. The van der Waals surface area contributed by atoms with Gasteiger partial charge in [0.15, 0.2) is 0 Å². The highest BCUT2D eigenvalue weighted by molar-refractivity contribution is 5.67. The molecule has 0 saturated carbocycles. The molecule has 5 heteroatoms. The lowest BCUT2D eigenvalue weighted by molar-refractivity contribution is -0.0342. The van der Waals surface area contributed by atoms with Gasteiger partial charge in [0.1, 0.15) is 6.61 Å². The van der Waals surface area contributed by atoms with E-state index in [4.69, 9.17) is 14.2 Å². The predicted octanol–water partition coefficient (Wildman–Crippen LogP) is 3.15. The summed E-state index contributed by atoms with van der Waals surface area (Å²) in [7, 11) is 0. The van der Waals surface area contributed by atoms with Gasteiger partial charge in [-0.2, -0.15) is 0 Å². The second-order valence-corrected chi connectivity index (χ2v) is 6.87. The summed E-state index contributed by atoms with van der Waals surface area (Å²) in [5, 5.41) is 2.63. The minimum Gasteiger partial charge on any atom is -0.445 e. The molecule has 0 aliphatic heterocycles. The predicted molar refractivity (Wildman–Crippen MR) is 84.5 cm³/mol. The highest BCUT2D eigenvalue weighted by Gasteiger charge is 2.09. The van der Waals surface area contributed by atoms with Crippen molar-refractivity contribution in [2.75, 3.05) is 33.0 Å². The Balaban J connectivity index is 3.45. The monoisotopic (exact) mass is 301 g/mol. The molecule has 0 saturated heterocycles. The molecule has 0 rings (SSSR count). The Morgan fingerprint density at radius 1 is 1.05 bits per heavy atom. The van der Waals surface area contributed by atoms with Gasteiger partial charge in [0.25, 0.3) is 0 Å². The summed E-state index contributed by atoms with van der Waals surface area (Å²) in [6.45, 7) is 14.5. The van der Waals surface area contributed by atoms with Gasteiger partial charge in [0, 0.05) is 6.54 Å². The molecule has 5 nitrogen and oxygen atoms in total. The molecule has 0 radical (unpaired) electrons. The summed E-state index contributed by atoms with van der Waals surface area (Å²) in [5.41, 5.74) is -0.0468. The lowest BCUT2D eigenvalue weighted by atomic mass is 9.96. The van der Waals surface area contributed by atoms with Crippen LogP contribution >= 0.6 is 0 Å². The second kappa shape index (κ2) is 9.79. The molecule has 1 N–H and O–H groups in total. The second-order valence-electron chi connectivity index (χ2n) is 6.87. The normalized spacial score (nSPS) is 12.7. The lowest BCUT2D eigenvalue weighted by Crippen LogP contribution is -2.29. The van der Waals surface area contributed by atoms with Crippen molar-refractivity contribution in [2.45, 2.75) is 47.1 Å². The maximum atomic E-state index is 11.3.